The Kier molecular flexibility index (Phi) is 8.10. The van der Waals surface area contributed by atoms with Crippen LogP contribution in [0, 0.1) is 17.2 Å². The van der Waals surface area contributed by atoms with E-state index in [0.717, 1.165) is 37.7 Å². The smallest absolute Gasteiger partial charge is 0.408 e. The van der Waals surface area contributed by atoms with Crippen molar-refractivity contribution in [1.29, 1.82) is 5.26 Å². The summed E-state index contributed by atoms with van der Waals surface area (Å²) in [5.74, 6) is 0.231. The summed E-state index contributed by atoms with van der Waals surface area (Å²) in [6, 6.07) is 12.2. The molecule has 0 spiro atoms. The molecule has 7 heteroatoms. The van der Waals surface area contributed by atoms with Crippen LogP contribution in [0.5, 0.6) is 0 Å². The van der Waals surface area contributed by atoms with Gasteiger partial charge in [-0.1, -0.05) is 56.0 Å². The molecule has 1 atom stereocenters. The molecular formula is C27H38N4O3. The lowest BCUT2D eigenvalue weighted by molar-refractivity contribution is -0.160. The van der Waals surface area contributed by atoms with Crippen LogP contribution in [0.3, 0.4) is 0 Å². The molecule has 1 saturated heterocycles. The number of nitriles is 1. The second-order valence-corrected chi connectivity index (χ2v) is 10.3. The van der Waals surface area contributed by atoms with Crippen molar-refractivity contribution in [3.05, 3.63) is 35.9 Å². The van der Waals surface area contributed by atoms with Crippen LogP contribution in [0.2, 0.25) is 0 Å². The van der Waals surface area contributed by atoms with Crippen LogP contribution in [-0.4, -0.2) is 47.7 Å². The molecule has 1 unspecified atom stereocenters. The summed E-state index contributed by atoms with van der Waals surface area (Å²) < 4.78 is 6.01. The first-order chi connectivity index (χ1) is 16.6. The van der Waals surface area contributed by atoms with Gasteiger partial charge in [0.15, 0.2) is 5.60 Å². The van der Waals surface area contributed by atoms with Crippen LogP contribution >= 0.6 is 0 Å². The molecule has 4 rings (SSSR count). The van der Waals surface area contributed by atoms with E-state index in [9.17, 15) is 14.9 Å². The number of carbonyl (C=O) groups is 2. The number of amides is 2. The number of alkyl carbamates (subject to hydrolysis) is 1. The molecule has 184 valence electrons. The van der Waals surface area contributed by atoms with Gasteiger partial charge in [-0.2, -0.15) is 5.26 Å². The van der Waals surface area contributed by atoms with E-state index in [0.29, 0.717) is 51.4 Å². The largest absolute Gasteiger partial charge is 0.433 e. The minimum absolute atomic E-state index is 0.169. The van der Waals surface area contributed by atoms with Gasteiger partial charge in [0.1, 0.15) is 5.54 Å². The zero-order chi connectivity index (χ0) is 23.9. The lowest BCUT2D eigenvalue weighted by Crippen LogP contribution is -2.62. The van der Waals surface area contributed by atoms with E-state index in [1.54, 1.807) is 0 Å². The lowest BCUT2D eigenvalue weighted by Gasteiger charge is -2.45. The van der Waals surface area contributed by atoms with Crippen molar-refractivity contribution in [2.45, 2.75) is 88.3 Å². The molecule has 2 saturated carbocycles. The molecule has 1 heterocycles. The molecule has 0 bridgehead atoms. The maximum atomic E-state index is 14.3. The van der Waals surface area contributed by atoms with Gasteiger partial charge in [-0.15, -0.1) is 0 Å². The number of hydrogen-bond donors (Lipinski definition) is 2. The lowest BCUT2D eigenvalue weighted by atomic mass is 9.80. The summed E-state index contributed by atoms with van der Waals surface area (Å²) in [7, 11) is 0. The predicted octanol–water partition coefficient (Wildman–Crippen LogP) is 4.28. The highest BCUT2D eigenvalue weighted by Gasteiger charge is 2.52. The highest BCUT2D eigenvalue weighted by Crippen LogP contribution is 2.38. The number of rotatable bonds is 7. The van der Waals surface area contributed by atoms with Gasteiger partial charge in [-0.3, -0.25) is 4.79 Å². The number of benzene rings is 1. The van der Waals surface area contributed by atoms with Crippen molar-refractivity contribution in [3.63, 3.8) is 0 Å². The quantitative estimate of drug-likeness (QED) is 0.625. The fourth-order valence-corrected chi connectivity index (χ4v) is 5.86. The minimum Gasteiger partial charge on any atom is -0.433 e. The van der Waals surface area contributed by atoms with Crippen molar-refractivity contribution in [2.24, 2.45) is 5.92 Å². The average Bonchev–Trinajstić information content (AvgIpc) is 3.38. The SMILES string of the molecule is N#CC1(N(CC2CCCCC2)C(=O)C2(OC(=O)NCc3ccccc3)CCCCC2)CCNC1. The van der Waals surface area contributed by atoms with E-state index in [1.807, 2.05) is 35.2 Å². The van der Waals surface area contributed by atoms with Crippen molar-refractivity contribution >= 4 is 12.0 Å². The van der Waals surface area contributed by atoms with Crippen molar-refractivity contribution in [3.8, 4) is 6.07 Å². The number of carbonyl (C=O) groups excluding carboxylic acids is 2. The molecule has 7 nitrogen and oxygen atoms in total. The summed E-state index contributed by atoms with van der Waals surface area (Å²) in [4.78, 5) is 29.0. The van der Waals surface area contributed by atoms with Crippen LogP contribution in [0.15, 0.2) is 30.3 Å². The molecule has 2 amide bonds. The van der Waals surface area contributed by atoms with Gasteiger partial charge in [0.2, 0.25) is 0 Å². The van der Waals surface area contributed by atoms with E-state index >= 15 is 0 Å². The second-order valence-electron chi connectivity index (χ2n) is 10.3. The molecule has 3 fully saturated rings. The Morgan fingerprint density at radius 2 is 1.76 bits per heavy atom. The Hall–Kier alpha value is -2.59. The Morgan fingerprint density at radius 3 is 2.41 bits per heavy atom. The molecule has 1 aromatic rings. The Balaban J connectivity index is 1.54. The Labute approximate surface area is 203 Å². The molecule has 1 aromatic carbocycles. The predicted molar refractivity (Wildman–Crippen MR) is 130 cm³/mol. The first-order valence-corrected chi connectivity index (χ1v) is 13.0. The first-order valence-electron chi connectivity index (χ1n) is 13.0. The van der Waals surface area contributed by atoms with Crippen molar-refractivity contribution in [2.75, 3.05) is 19.6 Å². The van der Waals surface area contributed by atoms with Gasteiger partial charge in [-0.25, -0.2) is 4.79 Å². The van der Waals surface area contributed by atoms with E-state index in [2.05, 4.69) is 16.7 Å². The Morgan fingerprint density at radius 1 is 1.06 bits per heavy atom. The maximum absolute atomic E-state index is 14.3. The van der Waals surface area contributed by atoms with Crippen molar-refractivity contribution < 1.29 is 14.3 Å². The number of ether oxygens (including phenoxy) is 1. The summed E-state index contributed by atoms with van der Waals surface area (Å²) >= 11 is 0. The van der Waals surface area contributed by atoms with Crippen LogP contribution in [0.25, 0.3) is 0 Å². The fourth-order valence-electron chi connectivity index (χ4n) is 5.86. The third-order valence-electron chi connectivity index (χ3n) is 7.89. The van der Waals surface area contributed by atoms with Crippen LogP contribution in [-0.2, 0) is 16.1 Å². The molecule has 0 aromatic heterocycles. The molecule has 2 N–H and O–H groups in total. The standard InChI is InChI=1S/C27H38N4O3/c28-20-26(16-17-29-21-26)31(19-23-12-6-2-7-13-23)24(32)27(14-8-3-9-15-27)34-25(33)30-18-22-10-4-1-5-11-22/h1,4-5,10-11,23,29H,2-3,6-9,12-19,21H2,(H,30,33). The summed E-state index contributed by atoms with van der Waals surface area (Å²) in [5.41, 5.74) is -1.09. The normalized spacial score (nSPS) is 24.7. The molecule has 0 radical (unpaired) electrons. The Bertz CT molecular complexity index is 864. The second kappa shape index (κ2) is 11.2. The zero-order valence-corrected chi connectivity index (χ0v) is 20.2. The topological polar surface area (TPSA) is 94.5 Å². The van der Waals surface area contributed by atoms with Gasteiger partial charge in [0.05, 0.1) is 6.07 Å². The van der Waals surface area contributed by atoms with Gasteiger partial charge in [0.25, 0.3) is 5.91 Å². The molecular weight excluding hydrogens is 428 g/mol. The van der Waals surface area contributed by atoms with Crippen LogP contribution < -0.4 is 10.6 Å². The average molecular weight is 467 g/mol. The van der Waals surface area contributed by atoms with Gasteiger partial charge >= 0.3 is 6.09 Å². The van der Waals surface area contributed by atoms with Gasteiger partial charge in [-0.05, 0) is 63.0 Å². The summed E-state index contributed by atoms with van der Waals surface area (Å²) in [6.45, 7) is 2.11. The van der Waals surface area contributed by atoms with E-state index in [1.165, 1.54) is 19.3 Å². The highest BCUT2D eigenvalue weighted by atomic mass is 16.6. The van der Waals surface area contributed by atoms with Gasteiger partial charge < -0.3 is 20.3 Å². The van der Waals surface area contributed by atoms with Crippen LogP contribution in [0.1, 0.15) is 76.2 Å². The third kappa shape index (κ3) is 5.55. The molecule has 2 aliphatic carbocycles. The molecule has 34 heavy (non-hydrogen) atoms. The molecule has 1 aliphatic heterocycles. The minimum atomic E-state index is -1.19. The first kappa shape index (κ1) is 24.5. The summed E-state index contributed by atoms with van der Waals surface area (Å²) in [6.07, 6.45) is 9.55. The van der Waals surface area contributed by atoms with E-state index in [-0.39, 0.29) is 5.91 Å². The molecule has 3 aliphatic rings. The van der Waals surface area contributed by atoms with E-state index < -0.39 is 17.2 Å². The zero-order valence-electron chi connectivity index (χ0n) is 20.2. The highest BCUT2D eigenvalue weighted by molar-refractivity contribution is 5.89. The third-order valence-corrected chi connectivity index (χ3v) is 7.89. The monoisotopic (exact) mass is 466 g/mol. The van der Waals surface area contributed by atoms with Crippen molar-refractivity contribution in [1.82, 2.24) is 15.5 Å². The maximum Gasteiger partial charge on any atom is 0.408 e. The number of hydrogen-bond acceptors (Lipinski definition) is 5. The van der Waals surface area contributed by atoms with E-state index in [4.69, 9.17) is 4.74 Å². The fraction of sp³-hybridized carbons (Fsp3) is 0.667. The number of nitrogens with one attached hydrogen (secondary N) is 2. The van der Waals surface area contributed by atoms with Crippen LogP contribution in [0.4, 0.5) is 4.79 Å². The summed E-state index contributed by atoms with van der Waals surface area (Å²) in [5, 5.41) is 16.4. The van der Waals surface area contributed by atoms with Gasteiger partial charge in [0, 0.05) is 19.6 Å². The number of nitrogens with zero attached hydrogens (tertiary/aromatic N) is 2.